The van der Waals surface area contributed by atoms with Crippen LogP contribution < -0.4 is 5.32 Å². The summed E-state index contributed by atoms with van der Waals surface area (Å²) in [6.45, 7) is 6.36. The van der Waals surface area contributed by atoms with Crippen LogP contribution in [-0.2, 0) is 6.42 Å². The fourth-order valence-corrected chi connectivity index (χ4v) is 2.96. The highest BCUT2D eigenvalue weighted by Crippen LogP contribution is 2.22. The van der Waals surface area contributed by atoms with Gasteiger partial charge in [-0.15, -0.1) is 0 Å². The molecule has 108 valence electrons. The molecule has 0 radical (unpaired) electrons. The van der Waals surface area contributed by atoms with Crippen LogP contribution in [0, 0.1) is 11.7 Å². The predicted octanol–water partition coefficient (Wildman–Crippen LogP) is 4.46. The highest BCUT2D eigenvalue weighted by molar-refractivity contribution is 7.07. The molecule has 0 aliphatic carbocycles. The lowest BCUT2D eigenvalue weighted by Crippen LogP contribution is -2.26. The fourth-order valence-electron chi connectivity index (χ4n) is 2.28. The van der Waals surface area contributed by atoms with E-state index in [2.05, 4.69) is 36.0 Å². The molecule has 0 spiro atoms. The minimum Gasteiger partial charge on any atom is -0.316 e. The maximum atomic E-state index is 13.1. The first-order valence-corrected chi connectivity index (χ1v) is 8.06. The number of nitrogens with one attached hydrogen (secondary N) is 1. The Labute approximate surface area is 124 Å². The molecule has 0 saturated carbocycles. The first kappa shape index (κ1) is 15.2. The van der Waals surface area contributed by atoms with Crippen LogP contribution in [0.2, 0.25) is 0 Å². The standard InChI is InChI=1S/C17H22FNS/c1-13(2)10-19-11-16(9-14-7-8-20-12-14)15-3-5-17(18)6-4-15/h3-8,12-13,16,19H,9-11H2,1-2H3. The molecule has 1 heterocycles. The van der Waals surface area contributed by atoms with Crippen LogP contribution >= 0.6 is 11.3 Å². The summed E-state index contributed by atoms with van der Waals surface area (Å²) in [5.41, 5.74) is 2.56. The zero-order valence-electron chi connectivity index (χ0n) is 12.1. The Balaban J connectivity index is 2.04. The molecular weight excluding hydrogens is 269 g/mol. The molecule has 1 atom stereocenters. The molecule has 20 heavy (non-hydrogen) atoms. The van der Waals surface area contributed by atoms with E-state index in [9.17, 15) is 4.39 Å². The van der Waals surface area contributed by atoms with Crippen LogP contribution in [-0.4, -0.2) is 13.1 Å². The Morgan fingerprint density at radius 2 is 1.85 bits per heavy atom. The van der Waals surface area contributed by atoms with Gasteiger partial charge in [-0.1, -0.05) is 26.0 Å². The number of hydrogen-bond donors (Lipinski definition) is 1. The lowest BCUT2D eigenvalue weighted by atomic mass is 9.93. The van der Waals surface area contributed by atoms with E-state index in [0.29, 0.717) is 11.8 Å². The van der Waals surface area contributed by atoms with Gasteiger partial charge >= 0.3 is 0 Å². The van der Waals surface area contributed by atoms with E-state index in [1.165, 1.54) is 11.1 Å². The number of halogens is 1. The van der Waals surface area contributed by atoms with Gasteiger partial charge in [-0.2, -0.15) is 11.3 Å². The second-order valence-corrected chi connectivity index (χ2v) is 6.42. The van der Waals surface area contributed by atoms with Crippen molar-refractivity contribution >= 4 is 11.3 Å². The zero-order chi connectivity index (χ0) is 14.4. The highest BCUT2D eigenvalue weighted by Gasteiger charge is 2.13. The predicted molar refractivity (Wildman–Crippen MR) is 84.9 cm³/mol. The average molecular weight is 291 g/mol. The van der Waals surface area contributed by atoms with Gasteiger partial charge < -0.3 is 5.32 Å². The summed E-state index contributed by atoms with van der Waals surface area (Å²) in [4.78, 5) is 0. The SMILES string of the molecule is CC(C)CNCC(Cc1ccsc1)c1ccc(F)cc1. The molecule has 3 heteroatoms. The molecule has 0 saturated heterocycles. The van der Waals surface area contributed by atoms with E-state index in [1.807, 2.05) is 12.1 Å². The van der Waals surface area contributed by atoms with Crippen molar-refractivity contribution in [2.45, 2.75) is 26.2 Å². The summed E-state index contributed by atoms with van der Waals surface area (Å²) < 4.78 is 13.1. The van der Waals surface area contributed by atoms with Gasteiger partial charge in [-0.3, -0.25) is 0 Å². The van der Waals surface area contributed by atoms with Crippen molar-refractivity contribution in [3.8, 4) is 0 Å². The van der Waals surface area contributed by atoms with Gasteiger partial charge in [-0.25, -0.2) is 4.39 Å². The van der Waals surface area contributed by atoms with E-state index in [4.69, 9.17) is 0 Å². The molecule has 1 aromatic heterocycles. The third-order valence-corrected chi connectivity index (χ3v) is 4.08. The molecule has 0 amide bonds. The molecule has 1 aromatic carbocycles. The summed E-state index contributed by atoms with van der Waals surface area (Å²) in [6.07, 6.45) is 1.00. The van der Waals surface area contributed by atoms with Gasteiger partial charge in [0, 0.05) is 12.5 Å². The Bertz CT molecular complexity index is 490. The normalized spacial score (nSPS) is 12.8. The van der Waals surface area contributed by atoms with Crippen molar-refractivity contribution in [1.29, 1.82) is 0 Å². The lowest BCUT2D eigenvalue weighted by Gasteiger charge is -2.18. The molecule has 0 aliphatic heterocycles. The highest BCUT2D eigenvalue weighted by atomic mass is 32.1. The van der Waals surface area contributed by atoms with Gasteiger partial charge in [0.25, 0.3) is 0 Å². The summed E-state index contributed by atoms with van der Waals surface area (Å²) in [7, 11) is 0. The van der Waals surface area contributed by atoms with Crippen LogP contribution in [0.4, 0.5) is 4.39 Å². The lowest BCUT2D eigenvalue weighted by molar-refractivity contribution is 0.514. The monoisotopic (exact) mass is 291 g/mol. The first-order chi connectivity index (χ1) is 9.65. The van der Waals surface area contributed by atoms with E-state index in [0.717, 1.165) is 19.5 Å². The third kappa shape index (κ3) is 4.73. The van der Waals surface area contributed by atoms with Crippen LogP contribution in [0.1, 0.15) is 30.9 Å². The van der Waals surface area contributed by atoms with Crippen molar-refractivity contribution < 1.29 is 4.39 Å². The van der Waals surface area contributed by atoms with Crippen LogP contribution in [0.5, 0.6) is 0 Å². The van der Waals surface area contributed by atoms with Crippen molar-refractivity contribution in [2.24, 2.45) is 5.92 Å². The number of rotatable bonds is 7. The zero-order valence-corrected chi connectivity index (χ0v) is 12.9. The molecule has 0 bridgehead atoms. The van der Waals surface area contributed by atoms with Gasteiger partial charge in [0.2, 0.25) is 0 Å². The van der Waals surface area contributed by atoms with E-state index in [-0.39, 0.29) is 5.82 Å². The number of thiophene rings is 1. The summed E-state index contributed by atoms with van der Waals surface area (Å²) in [5.74, 6) is 0.868. The molecule has 1 N–H and O–H groups in total. The van der Waals surface area contributed by atoms with Crippen molar-refractivity contribution in [1.82, 2.24) is 5.32 Å². The first-order valence-electron chi connectivity index (χ1n) is 7.12. The Hall–Kier alpha value is -1.19. The van der Waals surface area contributed by atoms with E-state index < -0.39 is 0 Å². The van der Waals surface area contributed by atoms with Crippen molar-refractivity contribution in [3.05, 3.63) is 58.0 Å². The van der Waals surface area contributed by atoms with E-state index in [1.54, 1.807) is 23.5 Å². The van der Waals surface area contributed by atoms with Crippen molar-refractivity contribution in [3.63, 3.8) is 0 Å². The average Bonchev–Trinajstić information content (AvgIpc) is 2.91. The van der Waals surface area contributed by atoms with Gasteiger partial charge in [0.1, 0.15) is 5.82 Å². The molecule has 1 unspecified atom stereocenters. The molecule has 2 aromatic rings. The van der Waals surface area contributed by atoms with Gasteiger partial charge in [-0.05, 0) is 59.0 Å². The minimum atomic E-state index is -0.168. The van der Waals surface area contributed by atoms with E-state index >= 15 is 0 Å². The molecule has 2 rings (SSSR count). The summed E-state index contributed by atoms with van der Waals surface area (Å²) in [5, 5.41) is 7.82. The molecule has 1 nitrogen and oxygen atoms in total. The second kappa shape index (κ2) is 7.55. The number of hydrogen-bond acceptors (Lipinski definition) is 2. The Kier molecular flexibility index (Phi) is 5.74. The quantitative estimate of drug-likeness (QED) is 0.794. The van der Waals surface area contributed by atoms with Crippen molar-refractivity contribution in [2.75, 3.05) is 13.1 Å². The maximum absolute atomic E-state index is 13.1. The molecule has 0 aliphatic rings. The smallest absolute Gasteiger partial charge is 0.123 e. The third-order valence-electron chi connectivity index (χ3n) is 3.35. The largest absolute Gasteiger partial charge is 0.316 e. The number of benzene rings is 1. The van der Waals surface area contributed by atoms with Gasteiger partial charge in [0.15, 0.2) is 0 Å². The minimum absolute atomic E-state index is 0.168. The Morgan fingerprint density at radius 3 is 2.45 bits per heavy atom. The maximum Gasteiger partial charge on any atom is 0.123 e. The second-order valence-electron chi connectivity index (χ2n) is 5.64. The summed E-state index contributed by atoms with van der Waals surface area (Å²) >= 11 is 1.73. The van der Waals surface area contributed by atoms with Crippen LogP contribution in [0.15, 0.2) is 41.1 Å². The molecular formula is C17H22FNS. The molecule has 0 fully saturated rings. The fraction of sp³-hybridized carbons (Fsp3) is 0.412. The topological polar surface area (TPSA) is 12.0 Å². The van der Waals surface area contributed by atoms with Crippen LogP contribution in [0.25, 0.3) is 0 Å². The van der Waals surface area contributed by atoms with Gasteiger partial charge in [0.05, 0.1) is 0 Å². The Morgan fingerprint density at radius 1 is 1.10 bits per heavy atom. The van der Waals surface area contributed by atoms with Crippen LogP contribution in [0.3, 0.4) is 0 Å². The summed E-state index contributed by atoms with van der Waals surface area (Å²) in [6, 6.07) is 9.09.